The summed E-state index contributed by atoms with van der Waals surface area (Å²) < 4.78 is 10.6. The lowest BCUT2D eigenvalue weighted by atomic mass is 10.1. The summed E-state index contributed by atoms with van der Waals surface area (Å²) in [7, 11) is 0. The minimum Gasteiger partial charge on any atom is -0.458 e. The normalized spacial score (nSPS) is 11.8. The Morgan fingerprint density at radius 1 is 1.04 bits per heavy atom. The average molecular weight is 327 g/mol. The van der Waals surface area contributed by atoms with E-state index in [9.17, 15) is 9.59 Å². The van der Waals surface area contributed by atoms with Crippen molar-refractivity contribution in [2.75, 3.05) is 0 Å². The summed E-state index contributed by atoms with van der Waals surface area (Å²) in [4.78, 5) is 28.5. The molecule has 2 rings (SSSR count). The molecule has 0 saturated carbocycles. The second kappa shape index (κ2) is 8.82. The summed E-state index contributed by atoms with van der Waals surface area (Å²) in [5, 5.41) is 0. The largest absolute Gasteiger partial charge is 0.458 e. The Morgan fingerprint density at radius 2 is 1.75 bits per heavy atom. The highest BCUT2D eigenvalue weighted by Crippen LogP contribution is 2.19. The van der Waals surface area contributed by atoms with Crippen LogP contribution in [0.5, 0.6) is 0 Å². The van der Waals surface area contributed by atoms with Crippen molar-refractivity contribution in [1.29, 1.82) is 0 Å². The van der Waals surface area contributed by atoms with Gasteiger partial charge in [0.1, 0.15) is 6.61 Å². The fourth-order valence-electron chi connectivity index (χ4n) is 2.08. The molecule has 0 aliphatic heterocycles. The molecule has 0 saturated heterocycles. The van der Waals surface area contributed by atoms with E-state index in [-0.39, 0.29) is 18.9 Å². The molecule has 0 spiro atoms. The molecular formula is C19H21NO4. The molecule has 1 unspecified atom stereocenters. The number of carbonyl (C=O) groups excluding carboxylic acids is 2. The summed E-state index contributed by atoms with van der Waals surface area (Å²) in [6.45, 7) is 3.93. The molecule has 1 aromatic heterocycles. The van der Waals surface area contributed by atoms with Gasteiger partial charge in [0.25, 0.3) is 0 Å². The van der Waals surface area contributed by atoms with Crippen LogP contribution in [0.3, 0.4) is 0 Å². The van der Waals surface area contributed by atoms with Crippen LogP contribution in [0.1, 0.15) is 37.6 Å². The van der Waals surface area contributed by atoms with Gasteiger partial charge in [0.15, 0.2) is 0 Å². The monoisotopic (exact) mass is 327 g/mol. The first-order chi connectivity index (χ1) is 11.6. The zero-order chi connectivity index (χ0) is 17.4. The standard InChI is InChI=1S/C19H21NO4/c1-14(2)12-17(21)24-18(16-10-6-7-11-20-16)19(22)23-13-15-8-4-3-5-9-15/h3-11,14,18H,12-13H2,1-2H3. The first kappa shape index (κ1) is 17.7. The van der Waals surface area contributed by atoms with E-state index in [2.05, 4.69) is 4.98 Å². The number of esters is 2. The second-order valence-electron chi connectivity index (χ2n) is 5.82. The predicted octanol–water partition coefficient (Wildman–Crippen LogP) is 3.46. The summed E-state index contributed by atoms with van der Waals surface area (Å²) >= 11 is 0. The minimum atomic E-state index is -1.15. The SMILES string of the molecule is CC(C)CC(=O)OC(C(=O)OCc1ccccc1)c1ccccn1. The molecule has 2 aromatic rings. The molecular weight excluding hydrogens is 306 g/mol. The first-order valence-corrected chi connectivity index (χ1v) is 7.87. The van der Waals surface area contributed by atoms with E-state index in [1.807, 2.05) is 44.2 Å². The van der Waals surface area contributed by atoms with Crippen molar-refractivity contribution in [3.63, 3.8) is 0 Å². The van der Waals surface area contributed by atoms with E-state index >= 15 is 0 Å². The van der Waals surface area contributed by atoms with Gasteiger partial charge in [0.05, 0.1) is 5.69 Å². The fourth-order valence-corrected chi connectivity index (χ4v) is 2.08. The van der Waals surface area contributed by atoms with Crippen molar-refractivity contribution >= 4 is 11.9 Å². The van der Waals surface area contributed by atoms with Crippen molar-refractivity contribution in [3.05, 3.63) is 66.0 Å². The van der Waals surface area contributed by atoms with Gasteiger partial charge >= 0.3 is 11.9 Å². The second-order valence-corrected chi connectivity index (χ2v) is 5.82. The molecule has 5 heteroatoms. The van der Waals surface area contributed by atoms with Crippen LogP contribution in [0, 0.1) is 5.92 Å². The molecule has 1 atom stereocenters. The van der Waals surface area contributed by atoms with Crippen molar-refractivity contribution in [1.82, 2.24) is 4.98 Å². The molecule has 24 heavy (non-hydrogen) atoms. The molecule has 0 amide bonds. The van der Waals surface area contributed by atoms with Gasteiger partial charge in [0.2, 0.25) is 6.10 Å². The predicted molar refractivity (Wildman–Crippen MR) is 88.8 cm³/mol. The maximum absolute atomic E-state index is 12.4. The fraction of sp³-hybridized carbons (Fsp3) is 0.316. The third-order valence-electron chi connectivity index (χ3n) is 3.22. The van der Waals surface area contributed by atoms with Gasteiger partial charge in [-0.05, 0) is 23.6 Å². The van der Waals surface area contributed by atoms with E-state index in [0.717, 1.165) is 5.56 Å². The maximum atomic E-state index is 12.4. The molecule has 0 radical (unpaired) electrons. The number of hydrogen-bond acceptors (Lipinski definition) is 5. The minimum absolute atomic E-state index is 0.116. The average Bonchev–Trinajstić information content (AvgIpc) is 2.58. The van der Waals surface area contributed by atoms with Crippen LogP contribution in [-0.4, -0.2) is 16.9 Å². The summed E-state index contributed by atoms with van der Waals surface area (Å²) in [6, 6.07) is 14.4. The van der Waals surface area contributed by atoms with Crippen LogP contribution < -0.4 is 0 Å². The van der Waals surface area contributed by atoms with Crippen LogP contribution in [0.15, 0.2) is 54.7 Å². The van der Waals surface area contributed by atoms with Gasteiger partial charge < -0.3 is 9.47 Å². The van der Waals surface area contributed by atoms with Crippen LogP contribution in [0.25, 0.3) is 0 Å². The number of benzene rings is 1. The molecule has 0 fully saturated rings. The van der Waals surface area contributed by atoms with Gasteiger partial charge in [-0.1, -0.05) is 50.2 Å². The van der Waals surface area contributed by atoms with Crippen molar-refractivity contribution in [3.8, 4) is 0 Å². The summed E-state index contributed by atoms with van der Waals surface area (Å²) in [5.41, 5.74) is 1.21. The lowest BCUT2D eigenvalue weighted by molar-refractivity contribution is -0.170. The molecule has 0 N–H and O–H groups in total. The van der Waals surface area contributed by atoms with Gasteiger partial charge in [0, 0.05) is 12.6 Å². The lowest BCUT2D eigenvalue weighted by Gasteiger charge is -2.17. The van der Waals surface area contributed by atoms with E-state index in [1.54, 1.807) is 24.4 Å². The van der Waals surface area contributed by atoms with Gasteiger partial charge in [-0.15, -0.1) is 0 Å². The van der Waals surface area contributed by atoms with Crippen molar-refractivity contribution < 1.29 is 19.1 Å². The third kappa shape index (κ3) is 5.50. The highest BCUT2D eigenvalue weighted by atomic mass is 16.6. The third-order valence-corrected chi connectivity index (χ3v) is 3.22. The van der Waals surface area contributed by atoms with Crippen molar-refractivity contribution in [2.45, 2.75) is 33.0 Å². The van der Waals surface area contributed by atoms with Crippen molar-refractivity contribution in [2.24, 2.45) is 5.92 Å². The number of carbonyl (C=O) groups is 2. The lowest BCUT2D eigenvalue weighted by Crippen LogP contribution is -2.23. The van der Waals surface area contributed by atoms with E-state index in [1.165, 1.54) is 0 Å². The Kier molecular flexibility index (Phi) is 6.49. The first-order valence-electron chi connectivity index (χ1n) is 7.87. The quantitative estimate of drug-likeness (QED) is 0.729. The molecule has 126 valence electrons. The highest BCUT2D eigenvalue weighted by Gasteiger charge is 2.28. The zero-order valence-corrected chi connectivity index (χ0v) is 13.8. The van der Waals surface area contributed by atoms with Gasteiger partial charge in [-0.3, -0.25) is 9.78 Å². The molecule has 1 heterocycles. The van der Waals surface area contributed by atoms with Crippen LogP contribution in [0.4, 0.5) is 0 Å². The summed E-state index contributed by atoms with van der Waals surface area (Å²) in [5.74, 6) is -0.936. The topological polar surface area (TPSA) is 65.5 Å². The van der Waals surface area contributed by atoms with E-state index in [0.29, 0.717) is 5.69 Å². The summed E-state index contributed by atoms with van der Waals surface area (Å²) in [6.07, 6.45) is 0.624. The van der Waals surface area contributed by atoms with Crippen LogP contribution in [-0.2, 0) is 25.7 Å². The number of hydrogen-bond donors (Lipinski definition) is 0. The number of rotatable bonds is 7. The zero-order valence-electron chi connectivity index (χ0n) is 13.8. The molecule has 0 bridgehead atoms. The smallest absolute Gasteiger partial charge is 0.354 e. The van der Waals surface area contributed by atoms with E-state index in [4.69, 9.17) is 9.47 Å². The Morgan fingerprint density at radius 3 is 2.38 bits per heavy atom. The Hall–Kier alpha value is -2.69. The maximum Gasteiger partial charge on any atom is 0.354 e. The Bertz CT molecular complexity index is 656. The molecule has 1 aromatic carbocycles. The number of nitrogens with zero attached hydrogens (tertiary/aromatic N) is 1. The number of pyridine rings is 1. The number of aromatic nitrogens is 1. The molecule has 0 aliphatic rings. The Labute approximate surface area is 141 Å². The highest BCUT2D eigenvalue weighted by molar-refractivity contribution is 5.80. The Balaban J connectivity index is 2.07. The van der Waals surface area contributed by atoms with E-state index < -0.39 is 18.0 Å². The van der Waals surface area contributed by atoms with Gasteiger partial charge in [-0.25, -0.2) is 4.79 Å². The number of ether oxygens (including phenoxy) is 2. The molecule has 5 nitrogen and oxygen atoms in total. The van der Waals surface area contributed by atoms with Crippen LogP contribution >= 0.6 is 0 Å². The molecule has 0 aliphatic carbocycles. The van der Waals surface area contributed by atoms with Gasteiger partial charge in [-0.2, -0.15) is 0 Å². The van der Waals surface area contributed by atoms with Crippen LogP contribution in [0.2, 0.25) is 0 Å².